The van der Waals surface area contributed by atoms with E-state index in [0.29, 0.717) is 5.70 Å². The maximum Gasteiger partial charge on any atom is 0.119 e. The first kappa shape index (κ1) is 8.71. The third-order valence-corrected chi connectivity index (χ3v) is 1.84. The Hall–Kier alpha value is -0.380. The lowest BCUT2D eigenvalue weighted by atomic mass is 10.1. The minimum atomic E-state index is 0.0544. The van der Waals surface area contributed by atoms with E-state index in [1.807, 2.05) is 6.08 Å². The van der Waals surface area contributed by atoms with Gasteiger partial charge in [-0.05, 0) is 12.2 Å². The van der Waals surface area contributed by atoms with E-state index in [1.165, 1.54) is 0 Å². The van der Waals surface area contributed by atoms with E-state index >= 15 is 0 Å². The van der Waals surface area contributed by atoms with Crippen molar-refractivity contribution in [3.63, 3.8) is 0 Å². The average molecular weight is 190 g/mol. The van der Waals surface area contributed by atoms with Gasteiger partial charge in [0.25, 0.3) is 0 Å². The van der Waals surface area contributed by atoms with Crippen LogP contribution in [0.2, 0.25) is 0 Å². The van der Waals surface area contributed by atoms with Gasteiger partial charge in [0, 0.05) is 11.3 Å². The summed E-state index contributed by atoms with van der Waals surface area (Å²) in [5.74, 6) is 0. The van der Waals surface area contributed by atoms with Crippen molar-refractivity contribution in [1.82, 2.24) is 5.06 Å². The normalized spacial score (nSPS) is 16.5. The topological polar surface area (TPSA) is 23.5 Å². The van der Waals surface area contributed by atoms with E-state index < -0.39 is 0 Å². The van der Waals surface area contributed by atoms with Crippen LogP contribution in [0.4, 0.5) is 0 Å². The molecule has 0 unspecified atom stereocenters. The lowest BCUT2D eigenvalue weighted by Crippen LogP contribution is -2.17. The van der Waals surface area contributed by atoms with Crippen LogP contribution in [-0.4, -0.2) is 21.1 Å². The number of hydrogen-bond donors (Lipinski definition) is 1. The first-order chi connectivity index (χ1) is 5.24. The van der Waals surface area contributed by atoms with Crippen molar-refractivity contribution in [3.8, 4) is 0 Å². The SMILES string of the molecule is ON(CCl)C1=CC(=S)CC=C1. The number of rotatable bonds is 2. The summed E-state index contributed by atoms with van der Waals surface area (Å²) < 4.78 is 0. The Kier molecular flexibility index (Phi) is 3.05. The average Bonchev–Trinajstić information content (AvgIpc) is 2.03. The van der Waals surface area contributed by atoms with Crippen LogP contribution in [-0.2, 0) is 0 Å². The van der Waals surface area contributed by atoms with Gasteiger partial charge in [-0.25, -0.2) is 5.06 Å². The van der Waals surface area contributed by atoms with Crippen molar-refractivity contribution in [2.45, 2.75) is 6.42 Å². The van der Waals surface area contributed by atoms with Gasteiger partial charge in [0.05, 0.1) is 5.70 Å². The van der Waals surface area contributed by atoms with E-state index in [1.54, 1.807) is 12.2 Å². The van der Waals surface area contributed by atoms with Crippen LogP contribution in [0.1, 0.15) is 6.42 Å². The predicted molar refractivity (Wildman–Crippen MR) is 48.8 cm³/mol. The van der Waals surface area contributed by atoms with Crippen molar-refractivity contribution in [1.29, 1.82) is 0 Å². The third-order valence-electron chi connectivity index (χ3n) is 1.33. The fourth-order valence-corrected chi connectivity index (χ4v) is 1.15. The Labute approximate surface area is 75.7 Å². The van der Waals surface area contributed by atoms with E-state index in [0.717, 1.165) is 16.3 Å². The molecule has 0 aromatic heterocycles. The molecule has 0 spiro atoms. The number of halogens is 1. The summed E-state index contributed by atoms with van der Waals surface area (Å²) in [6.45, 7) is 0. The summed E-state index contributed by atoms with van der Waals surface area (Å²) in [6.07, 6.45) is 6.19. The molecule has 1 aliphatic rings. The molecule has 4 heteroatoms. The Bertz CT molecular complexity index is 224. The second-order valence-electron chi connectivity index (χ2n) is 2.16. The van der Waals surface area contributed by atoms with Crippen molar-refractivity contribution < 1.29 is 5.21 Å². The second-order valence-corrected chi connectivity index (χ2v) is 2.92. The lowest BCUT2D eigenvalue weighted by Gasteiger charge is -2.16. The van der Waals surface area contributed by atoms with Crippen LogP contribution in [0.5, 0.6) is 0 Å². The molecule has 1 rings (SSSR count). The van der Waals surface area contributed by atoms with Gasteiger partial charge in [0.2, 0.25) is 0 Å². The molecule has 0 bridgehead atoms. The van der Waals surface area contributed by atoms with E-state index in [4.69, 9.17) is 29.0 Å². The Balaban J connectivity index is 2.71. The third kappa shape index (κ3) is 2.29. The summed E-state index contributed by atoms with van der Waals surface area (Å²) in [7, 11) is 0. The summed E-state index contributed by atoms with van der Waals surface area (Å²) in [6, 6.07) is 0.0544. The minimum Gasteiger partial charge on any atom is -0.287 e. The first-order valence-electron chi connectivity index (χ1n) is 3.17. The van der Waals surface area contributed by atoms with Gasteiger partial charge in [0.15, 0.2) is 0 Å². The van der Waals surface area contributed by atoms with Crippen molar-refractivity contribution in [3.05, 3.63) is 23.9 Å². The maximum absolute atomic E-state index is 9.12. The van der Waals surface area contributed by atoms with Crippen LogP contribution in [0.15, 0.2) is 23.9 Å². The fourth-order valence-electron chi connectivity index (χ4n) is 0.797. The van der Waals surface area contributed by atoms with Crippen molar-refractivity contribution in [2.75, 3.05) is 6.00 Å². The molecule has 11 heavy (non-hydrogen) atoms. The van der Waals surface area contributed by atoms with Gasteiger partial charge in [-0.1, -0.05) is 18.3 Å². The monoisotopic (exact) mass is 189 g/mol. The lowest BCUT2D eigenvalue weighted by molar-refractivity contribution is -0.0324. The highest BCUT2D eigenvalue weighted by Crippen LogP contribution is 2.11. The molecule has 1 aliphatic carbocycles. The molecular formula is C7H8ClNOS. The quantitative estimate of drug-likeness (QED) is 0.312. The minimum absolute atomic E-state index is 0.0544. The molecule has 0 saturated heterocycles. The predicted octanol–water partition coefficient (Wildman–Crippen LogP) is 2.09. The zero-order chi connectivity index (χ0) is 8.27. The molecule has 0 aromatic rings. The first-order valence-corrected chi connectivity index (χ1v) is 4.12. The molecule has 0 fully saturated rings. The molecular weight excluding hydrogens is 182 g/mol. The number of alkyl halides is 1. The Morgan fingerprint density at radius 2 is 2.45 bits per heavy atom. The summed E-state index contributed by atoms with van der Waals surface area (Å²) >= 11 is 10.3. The van der Waals surface area contributed by atoms with E-state index in [9.17, 15) is 0 Å². The highest BCUT2D eigenvalue weighted by molar-refractivity contribution is 7.80. The van der Waals surface area contributed by atoms with Crippen LogP contribution in [0.3, 0.4) is 0 Å². The number of allylic oxidation sites excluding steroid dienone is 3. The van der Waals surface area contributed by atoms with E-state index in [2.05, 4.69) is 0 Å². The summed E-state index contributed by atoms with van der Waals surface area (Å²) in [4.78, 5) is 0.812. The van der Waals surface area contributed by atoms with Gasteiger partial charge < -0.3 is 0 Å². The molecule has 0 aliphatic heterocycles. The molecule has 0 amide bonds. The van der Waals surface area contributed by atoms with Crippen LogP contribution in [0, 0.1) is 0 Å². The van der Waals surface area contributed by atoms with Gasteiger partial charge in [-0.2, -0.15) is 0 Å². The van der Waals surface area contributed by atoms with Gasteiger partial charge in [0.1, 0.15) is 6.00 Å². The smallest absolute Gasteiger partial charge is 0.119 e. The van der Waals surface area contributed by atoms with Gasteiger partial charge in [-0.15, -0.1) is 11.6 Å². The fraction of sp³-hybridized carbons (Fsp3) is 0.286. The van der Waals surface area contributed by atoms with Crippen molar-refractivity contribution >= 4 is 28.7 Å². The molecule has 0 atom stereocenters. The van der Waals surface area contributed by atoms with Crippen LogP contribution < -0.4 is 0 Å². The highest BCUT2D eigenvalue weighted by atomic mass is 35.5. The Morgan fingerprint density at radius 1 is 1.73 bits per heavy atom. The molecule has 0 aromatic carbocycles. The zero-order valence-electron chi connectivity index (χ0n) is 5.83. The molecule has 0 heterocycles. The molecule has 60 valence electrons. The van der Waals surface area contributed by atoms with Gasteiger partial charge >= 0.3 is 0 Å². The second kappa shape index (κ2) is 3.85. The Morgan fingerprint density at radius 3 is 3.00 bits per heavy atom. The number of nitrogens with zero attached hydrogens (tertiary/aromatic N) is 1. The summed E-state index contributed by atoms with van der Waals surface area (Å²) in [5.41, 5.74) is 0.649. The standard InChI is InChI=1S/C7H8ClNOS/c8-5-9(10)6-2-1-3-7(11)4-6/h1-2,4,10H,3,5H2. The molecule has 1 N–H and O–H groups in total. The zero-order valence-corrected chi connectivity index (χ0v) is 7.40. The van der Waals surface area contributed by atoms with Gasteiger partial charge in [-0.3, -0.25) is 5.21 Å². The molecule has 0 radical (unpaired) electrons. The summed E-state index contributed by atoms with van der Waals surface area (Å²) in [5, 5.41) is 10.1. The number of hydroxylamine groups is 2. The molecule has 2 nitrogen and oxygen atoms in total. The number of thiocarbonyl (C=S) groups is 1. The van der Waals surface area contributed by atoms with E-state index in [-0.39, 0.29) is 6.00 Å². The number of hydrogen-bond acceptors (Lipinski definition) is 3. The highest BCUT2D eigenvalue weighted by Gasteiger charge is 2.05. The molecule has 0 saturated carbocycles. The maximum atomic E-state index is 9.12. The van der Waals surface area contributed by atoms with Crippen molar-refractivity contribution in [2.24, 2.45) is 0 Å². The largest absolute Gasteiger partial charge is 0.287 e. The van der Waals surface area contributed by atoms with Crippen LogP contribution in [0.25, 0.3) is 0 Å². The van der Waals surface area contributed by atoms with Crippen LogP contribution >= 0.6 is 23.8 Å².